The molecular formula is C28H27BrN3O4-. The third kappa shape index (κ3) is 3.90. The number of carbonyl (C=O) groups is 1. The Balaban J connectivity index is 1.57. The first kappa shape index (κ1) is 24.2. The summed E-state index contributed by atoms with van der Waals surface area (Å²) in [6.07, 6.45) is 3.92. The molecule has 2 aliphatic heterocycles. The van der Waals surface area contributed by atoms with Gasteiger partial charge in [-0.05, 0) is 74.9 Å². The molecule has 2 N–H and O–H groups in total. The van der Waals surface area contributed by atoms with Gasteiger partial charge >= 0.3 is 0 Å². The first-order chi connectivity index (χ1) is 17.3. The van der Waals surface area contributed by atoms with Gasteiger partial charge in [-0.25, -0.2) is 0 Å². The van der Waals surface area contributed by atoms with Gasteiger partial charge in [-0.15, -0.1) is 0 Å². The average molecular weight is 549 g/mol. The summed E-state index contributed by atoms with van der Waals surface area (Å²) in [5.74, 6) is 0.851. The van der Waals surface area contributed by atoms with Gasteiger partial charge in [-0.3, -0.25) is 4.79 Å². The van der Waals surface area contributed by atoms with Crippen LogP contribution in [0.25, 0.3) is 6.08 Å². The molecule has 8 heteroatoms. The fourth-order valence-corrected chi connectivity index (χ4v) is 5.34. The summed E-state index contributed by atoms with van der Waals surface area (Å²) in [5, 5.41) is 14.4. The Morgan fingerprint density at radius 1 is 1.11 bits per heavy atom. The van der Waals surface area contributed by atoms with E-state index < -0.39 is 11.1 Å². The van der Waals surface area contributed by atoms with Crippen molar-refractivity contribution in [3.05, 3.63) is 87.5 Å². The van der Waals surface area contributed by atoms with E-state index in [4.69, 9.17) is 9.47 Å². The van der Waals surface area contributed by atoms with Crippen LogP contribution in [0.1, 0.15) is 31.9 Å². The zero-order valence-corrected chi connectivity index (χ0v) is 21.9. The largest absolute Gasteiger partial charge is 0.761 e. The molecule has 5 rings (SSSR count). The Bertz CT molecular complexity index is 1340. The van der Waals surface area contributed by atoms with Crippen molar-refractivity contribution < 1.29 is 14.3 Å². The van der Waals surface area contributed by atoms with Crippen molar-refractivity contribution in [3.8, 4) is 11.5 Å². The molecule has 0 fully saturated rings. The van der Waals surface area contributed by atoms with Gasteiger partial charge in [0, 0.05) is 33.2 Å². The first-order valence-corrected chi connectivity index (χ1v) is 12.6. The van der Waals surface area contributed by atoms with E-state index in [9.17, 15) is 10.0 Å². The topological polar surface area (TPSA) is 85.9 Å². The number of nitrogens with one attached hydrogen (secondary N) is 2. The zero-order chi connectivity index (χ0) is 25.5. The van der Waals surface area contributed by atoms with E-state index in [2.05, 4.69) is 41.2 Å². The Morgan fingerprint density at radius 2 is 1.86 bits per heavy atom. The van der Waals surface area contributed by atoms with Gasteiger partial charge in [0.1, 0.15) is 6.54 Å². The van der Waals surface area contributed by atoms with Crippen molar-refractivity contribution in [2.45, 2.75) is 31.9 Å². The summed E-state index contributed by atoms with van der Waals surface area (Å²) in [4.78, 5) is 15.3. The maximum Gasteiger partial charge on any atom is 0.244 e. The van der Waals surface area contributed by atoms with Crippen LogP contribution in [-0.4, -0.2) is 24.8 Å². The van der Waals surface area contributed by atoms with E-state index >= 15 is 0 Å². The van der Waals surface area contributed by atoms with Crippen LogP contribution >= 0.6 is 15.9 Å². The highest BCUT2D eigenvalue weighted by molar-refractivity contribution is 9.10. The van der Waals surface area contributed by atoms with Gasteiger partial charge < -0.3 is 30.4 Å². The van der Waals surface area contributed by atoms with Crippen molar-refractivity contribution in [3.63, 3.8) is 0 Å². The van der Waals surface area contributed by atoms with Crippen LogP contribution in [0.5, 0.6) is 11.5 Å². The van der Waals surface area contributed by atoms with Crippen molar-refractivity contribution in [2.24, 2.45) is 0 Å². The van der Waals surface area contributed by atoms with Crippen LogP contribution in [0, 0.1) is 5.21 Å². The third-order valence-electron chi connectivity index (χ3n) is 6.84. The molecule has 0 radical (unpaired) electrons. The number of hydrogen-bond acceptors (Lipinski definition) is 6. The summed E-state index contributed by atoms with van der Waals surface area (Å²) < 4.78 is 13.6. The fourth-order valence-electron chi connectivity index (χ4n) is 5.08. The summed E-state index contributed by atoms with van der Waals surface area (Å²) in [7, 11) is 0. The number of halogens is 1. The minimum atomic E-state index is -1.00. The molecule has 0 aromatic heterocycles. The summed E-state index contributed by atoms with van der Waals surface area (Å²) in [5.41, 5.74) is 4.26. The quantitative estimate of drug-likeness (QED) is 0.352. The van der Waals surface area contributed by atoms with Gasteiger partial charge in [0.2, 0.25) is 11.6 Å². The molecule has 0 aliphatic carbocycles. The molecule has 2 aliphatic rings. The lowest BCUT2D eigenvalue weighted by molar-refractivity contribution is -0.115. The smallest absolute Gasteiger partial charge is 0.244 e. The summed E-state index contributed by atoms with van der Waals surface area (Å²) >= 11 is 3.42. The first-order valence-electron chi connectivity index (χ1n) is 11.8. The number of amides is 1. The second-order valence-electron chi connectivity index (χ2n) is 9.34. The summed E-state index contributed by atoms with van der Waals surface area (Å²) in [6.45, 7) is 6.59. The van der Waals surface area contributed by atoms with Gasteiger partial charge in [0.15, 0.2) is 11.5 Å². The van der Waals surface area contributed by atoms with E-state index in [-0.39, 0.29) is 12.5 Å². The fraction of sp³-hybridized carbons (Fsp3) is 0.250. The lowest BCUT2D eigenvalue weighted by Crippen LogP contribution is -2.61. The number of hydrogen-bond donors (Lipinski definition) is 2. The molecule has 1 unspecified atom stereocenters. The van der Waals surface area contributed by atoms with Crippen molar-refractivity contribution in [2.75, 3.05) is 28.8 Å². The van der Waals surface area contributed by atoms with E-state index in [0.717, 1.165) is 21.3 Å². The number of fused-ring (bicyclic) bond motifs is 2. The molecule has 3 aromatic rings. The van der Waals surface area contributed by atoms with E-state index in [0.29, 0.717) is 29.5 Å². The molecule has 2 heterocycles. The van der Waals surface area contributed by atoms with Gasteiger partial charge in [-0.1, -0.05) is 34.1 Å². The predicted octanol–water partition coefficient (Wildman–Crippen LogP) is 6.30. The van der Waals surface area contributed by atoms with Crippen molar-refractivity contribution in [1.82, 2.24) is 0 Å². The molecule has 7 nitrogen and oxygen atoms in total. The third-order valence-corrected chi connectivity index (χ3v) is 7.37. The molecule has 186 valence electrons. The maximum absolute atomic E-state index is 13.3. The highest BCUT2D eigenvalue weighted by Crippen LogP contribution is 2.56. The maximum atomic E-state index is 13.3. The average Bonchev–Trinajstić information content (AvgIpc) is 3.04. The highest BCUT2D eigenvalue weighted by atomic mass is 79.9. The van der Waals surface area contributed by atoms with Gasteiger partial charge in [0.05, 0.1) is 12.0 Å². The molecule has 36 heavy (non-hydrogen) atoms. The van der Waals surface area contributed by atoms with Gasteiger partial charge in [0.25, 0.3) is 0 Å². The predicted molar refractivity (Wildman–Crippen MR) is 147 cm³/mol. The lowest BCUT2D eigenvalue weighted by atomic mass is 9.76. The number of rotatable bonds is 6. The van der Waals surface area contributed by atoms with E-state index in [1.165, 1.54) is 0 Å². The Labute approximate surface area is 218 Å². The van der Waals surface area contributed by atoms with Crippen LogP contribution in [0.4, 0.5) is 17.1 Å². The zero-order valence-electron chi connectivity index (χ0n) is 20.3. The molecule has 3 aromatic carbocycles. The van der Waals surface area contributed by atoms with E-state index in [1.54, 1.807) is 12.1 Å². The minimum Gasteiger partial charge on any atom is -0.761 e. The second-order valence-corrected chi connectivity index (χ2v) is 10.3. The van der Waals surface area contributed by atoms with Crippen molar-refractivity contribution in [1.29, 1.82) is 0 Å². The van der Waals surface area contributed by atoms with Crippen LogP contribution in [-0.2, 0) is 10.2 Å². The second kappa shape index (κ2) is 9.19. The van der Waals surface area contributed by atoms with Crippen LogP contribution < -0.4 is 25.2 Å². The molecule has 0 saturated heterocycles. The molecule has 1 amide bonds. The Morgan fingerprint density at radius 3 is 2.58 bits per heavy atom. The van der Waals surface area contributed by atoms with Crippen LogP contribution in [0.15, 0.2) is 71.2 Å². The molecule has 1 atom stereocenters. The number of nitrogens with zero attached hydrogens (tertiary/aromatic N) is 1. The number of benzene rings is 3. The van der Waals surface area contributed by atoms with E-state index in [1.807, 2.05) is 71.9 Å². The van der Waals surface area contributed by atoms with Crippen LogP contribution in [0.2, 0.25) is 0 Å². The Hall–Kier alpha value is -3.49. The summed E-state index contributed by atoms with van der Waals surface area (Å²) in [6, 6.07) is 18.9. The van der Waals surface area contributed by atoms with Gasteiger partial charge in [-0.2, -0.15) is 0 Å². The van der Waals surface area contributed by atoms with Crippen molar-refractivity contribution >= 4 is 45.0 Å². The number of para-hydroxylation sites is 1. The monoisotopic (exact) mass is 548 g/mol. The van der Waals surface area contributed by atoms with Crippen LogP contribution in [0.3, 0.4) is 0 Å². The lowest BCUT2D eigenvalue weighted by Gasteiger charge is -2.47. The molecule has 1 spiro atoms. The Kier molecular flexibility index (Phi) is 6.18. The SMILES string of the molecule is CCOc1cc(N[O-])cc2c1OC1(C=C2)N(CC(=O)Nc2ccc(Br)cc2)c2ccccc2C1(C)C. The molecule has 0 bridgehead atoms. The highest BCUT2D eigenvalue weighted by Gasteiger charge is 2.59. The molecular weight excluding hydrogens is 522 g/mol. The number of anilines is 3. The normalized spacial score (nSPS) is 18.9. The minimum absolute atomic E-state index is 0.0698. The standard InChI is InChI=1S/C28H27BrN3O4/c1-4-35-24-16-21(31-34)15-18-13-14-28(36-26(18)24)27(2,3)22-7-5-6-8-23(22)32(28)17-25(33)30-20-11-9-19(29)10-12-20/h5-16,31H,4,17H2,1-3H3,(H,30,33)/q-1. The molecule has 0 saturated carbocycles. The number of carbonyl (C=O) groups excluding carboxylic acids is 1. The number of ether oxygens (including phenoxy) is 2.